The Bertz CT molecular complexity index is 864. The molecule has 0 radical (unpaired) electrons. The smallest absolute Gasteiger partial charge is 0.267 e. The Hall–Kier alpha value is -2.18. The minimum absolute atomic E-state index is 0.199. The molecule has 0 aromatic heterocycles. The number of nitrogens with zero attached hydrogens (tertiary/aromatic N) is 1. The third kappa shape index (κ3) is 3.97. The van der Waals surface area contributed by atoms with Crippen LogP contribution in [0.4, 0.5) is 0 Å². The van der Waals surface area contributed by atoms with Crippen molar-refractivity contribution in [1.29, 1.82) is 0 Å². The normalized spacial score (nSPS) is 17.7. The van der Waals surface area contributed by atoms with Gasteiger partial charge in [0.1, 0.15) is 0 Å². The molecule has 1 aliphatic rings. The molecule has 2 aromatic carbocycles. The van der Waals surface area contributed by atoms with Crippen molar-refractivity contribution in [2.45, 2.75) is 43.7 Å². The zero-order valence-electron chi connectivity index (χ0n) is 14.8. The van der Waals surface area contributed by atoms with Crippen molar-refractivity contribution in [3.05, 3.63) is 65.7 Å². The van der Waals surface area contributed by atoms with Crippen LogP contribution in [0.1, 0.15) is 30.4 Å². The molecule has 0 unspecified atom stereocenters. The predicted octanol–water partition coefficient (Wildman–Crippen LogP) is 3.28. The second-order valence-corrected chi connectivity index (χ2v) is 8.26. The summed E-state index contributed by atoms with van der Waals surface area (Å²) < 4.78 is 32.7. The van der Waals surface area contributed by atoms with E-state index in [1.807, 2.05) is 30.3 Å². The minimum atomic E-state index is -3.83. The highest BCUT2D eigenvalue weighted by atomic mass is 32.2. The number of hydrogen-bond acceptors (Lipinski definition) is 4. The molecule has 0 aliphatic carbocycles. The topological polar surface area (TPSA) is 63.7 Å². The van der Waals surface area contributed by atoms with Crippen molar-refractivity contribution in [3.63, 3.8) is 0 Å². The number of carbonyl (C=O) groups excluding carboxylic acids is 1. The Balaban J connectivity index is 1.66. The van der Waals surface area contributed by atoms with Gasteiger partial charge in [-0.1, -0.05) is 48.5 Å². The highest BCUT2D eigenvalue weighted by molar-refractivity contribution is 7.89. The van der Waals surface area contributed by atoms with Gasteiger partial charge in [-0.3, -0.25) is 4.79 Å². The second kappa shape index (κ2) is 8.01. The standard InChI is InChI=1S/C20H23NO4S/c1-16-7-5-6-10-19(16)26(23,24)21-18(11-12-20(21)22)13-14-25-15-17-8-3-2-4-9-17/h2-10,18H,11-15H2,1H3/t18-/m1/s1. The zero-order chi connectivity index (χ0) is 18.6. The molecule has 0 saturated carbocycles. The maximum absolute atomic E-state index is 13.0. The van der Waals surface area contributed by atoms with Crippen LogP contribution in [0.15, 0.2) is 59.5 Å². The molecule has 1 heterocycles. The van der Waals surface area contributed by atoms with Gasteiger partial charge in [0.05, 0.1) is 17.5 Å². The summed E-state index contributed by atoms with van der Waals surface area (Å²) in [5.74, 6) is -0.332. The lowest BCUT2D eigenvalue weighted by molar-refractivity contribution is -0.124. The fourth-order valence-corrected chi connectivity index (χ4v) is 5.15. The molecule has 26 heavy (non-hydrogen) atoms. The van der Waals surface area contributed by atoms with E-state index in [9.17, 15) is 13.2 Å². The summed E-state index contributed by atoms with van der Waals surface area (Å²) in [6.07, 6.45) is 1.30. The molecule has 6 heteroatoms. The summed E-state index contributed by atoms with van der Waals surface area (Å²) in [6, 6.07) is 16.2. The molecule has 0 spiro atoms. The first-order valence-electron chi connectivity index (χ1n) is 8.74. The van der Waals surface area contributed by atoms with Gasteiger partial charge in [-0.05, 0) is 37.0 Å². The molecule has 3 rings (SSSR count). The maximum Gasteiger partial charge on any atom is 0.267 e. The number of aryl methyl sites for hydroxylation is 1. The van der Waals surface area contributed by atoms with Gasteiger partial charge in [0, 0.05) is 13.0 Å². The van der Waals surface area contributed by atoms with Crippen LogP contribution in [-0.2, 0) is 26.2 Å². The average Bonchev–Trinajstić information content (AvgIpc) is 3.01. The number of hydrogen-bond donors (Lipinski definition) is 0. The maximum atomic E-state index is 13.0. The Morgan fingerprint density at radius 2 is 1.77 bits per heavy atom. The van der Waals surface area contributed by atoms with Gasteiger partial charge < -0.3 is 4.74 Å². The summed E-state index contributed by atoms with van der Waals surface area (Å²) in [7, 11) is -3.83. The molecule has 2 aromatic rings. The summed E-state index contributed by atoms with van der Waals surface area (Å²) in [4.78, 5) is 12.5. The van der Waals surface area contributed by atoms with Gasteiger partial charge >= 0.3 is 0 Å². The highest BCUT2D eigenvalue weighted by Crippen LogP contribution is 2.30. The van der Waals surface area contributed by atoms with Crippen molar-refractivity contribution < 1.29 is 17.9 Å². The van der Waals surface area contributed by atoms with Crippen molar-refractivity contribution >= 4 is 15.9 Å². The van der Waals surface area contributed by atoms with E-state index < -0.39 is 10.0 Å². The van der Waals surface area contributed by atoms with Gasteiger partial charge in [0.25, 0.3) is 10.0 Å². The third-order valence-corrected chi connectivity index (χ3v) is 6.64. The van der Waals surface area contributed by atoms with Gasteiger partial charge in [-0.25, -0.2) is 12.7 Å². The lowest BCUT2D eigenvalue weighted by Crippen LogP contribution is -2.39. The molecular formula is C20H23NO4S. The molecule has 0 N–H and O–H groups in total. The predicted molar refractivity (Wildman–Crippen MR) is 98.9 cm³/mol. The van der Waals surface area contributed by atoms with E-state index in [2.05, 4.69) is 0 Å². The third-order valence-electron chi connectivity index (χ3n) is 4.61. The molecule has 1 amide bonds. The quantitative estimate of drug-likeness (QED) is 0.699. The van der Waals surface area contributed by atoms with Crippen LogP contribution in [0.5, 0.6) is 0 Å². The van der Waals surface area contributed by atoms with E-state index in [0.29, 0.717) is 31.6 Å². The average molecular weight is 373 g/mol. The molecule has 138 valence electrons. The van der Waals surface area contributed by atoms with Crippen LogP contribution in [-0.4, -0.2) is 31.3 Å². The lowest BCUT2D eigenvalue weighted by atomic mass is 10.2. The number of benzene rings is 2. The largest absolute Gasteiger partial charge is 0.377 e. The molecule has 0 bridgehead atoms. The molecule has 1 saturated heterocycles. The summed E-state index contributed by atoms with van der Waals surface area (Å²) in [5, 5.41) is 0. The van der Waals surface area contributed by atoms with Crippen LogP contribution in [0.3, 0.4) is 0 Å². The van der Waals surface area contributed by atoms with E-state index >= 15 is 0 Å². The number of amides is 1. The van der Waals surface area contributed by atoms with Crippen LogP contribution < -0.4 is 0 Å². The number of ether oxygens (including phenoxy) is 1. The van der Waals surface area contributed by atoms with Gasteiger partial charge in [-0.2, -0.15) is 0 Å². The fourth-order valence-electron chi connectivity index (χ4n) is 3.25. The Morgan fingerprint density at radius 1 is 1.08 bits per heavy atom. The Kier molecular flexibility index (Phi) is 5.74. The fraction of sp³-hybridized carbons (Fsp3) is 0.350. The molecule has 1 atom stereocenters. The lowest BCUT2D eigenvalue weighted by Gasteiger charge is -2.25. The van der Waals surface area contributed by atoms with Crippen molar-refractivity contribution in [3.8, 4) is 0 Å². The first-order chi connectivity index (χ1) is 12.5. The van der Waals surface area contributed by atoms with E-state index in [1.54, 1.807) is 31.2 Å². The van der Waals surface area contributed by atoms with Crippen LogP contribution in [0.25, 0.3) is 0 Å². The van der Waals surface area contributed by atoms with Gasteiger partial charge in [0.15, 0.2) is 0 Å². The van der Waals surface area contributed by atoms with E-state index in [1.165, 1.54) is 0 Å². The first kappa shape index (κ1) is 18.6. The van der Waals surface area contributed by atoms with Crippen LogP contribution in [0.2, 0.25) is 0 Å². The van der Waals surface area contributed by atoms with Crippen molar-refractivity contribution in [2.75, 3.05) is 6.61 Å². The number of sulfonamides is 1. The monoisotopic (exact) mass is 373 g/mol. The Labute approximate surface area is 154 Å². The summed E-state index contributed by atoms with van der Waals surface area (Å²) in [6.45, 7) is 2.63. The van der Waals surface area contributed by atoms with Gasteiger partial charge in [-0.15, -0.1) is 0 Å². The summed E-state index contributed by atoms with van der Waals surface area (Å²) in [5.41, 5.74) is 1.71. The minimum Gasteiger partial charge on any atom is -0.377 e. The second-order valence-electron chi connectivity index (χ2n) is 6.48. The van der Waals surface area contributed by atoms with E-state index in [-0.39, 0.29) is 23.3 Å². The molecular weight excluding hydrogens is 350 g/mol. The SMILES string of the molecule is Cc1ccccc1S(=O)(=O)N1C(=O)CC[C@@H]1CCOCc1ccccc1. The highest BCUT2D eigenvalue weighted by Gasteiger charge is 2.40. The van der Waals surface area contributed by atoms with Crippen LogP contribution in [0, 0.1) is 6.92 Å². The van der Waals surface area contributed by atoms with E-state index in [0.717, 1.165) is 9.87 Å². The molecule has 5 nitrogen and oxygen atoms in total. The summed E-state index contributed by atoms with van der Waals surface area (Å²) >= 11 is 0. The van der Waals surface area contributed by atoms with Crippen molar-refractivity contribution in [1.82, 2.24) is 4.31 Å². The van der Waals surface area contributed by atoms with E-state index in [4.69, 9.17) is 4.74 Å². The first-order valence-corrected chi connectivity index (χ1v) is 10.2. The number of carbonyl (C=O) groups is 1. The van der Waals surface area contributed by atoms with Gasteiger partial charge in [0.2, 0.25) is 5.91 Å². The molecule has 1 fully saturated rings. The Morgan fingerprint density at radius 3 is 2.50 bits per heavy atom. The van der Waals surface area contributed by atoms with Crippen LogP contribution >= 0.6 is 0 Å². The molecule has 1 aliphatic heterocycles. The number of rotatable bonds is 7. The van der Waals surface area contributed by atoms with Crippen molar-refractivity contribution in [2.24, 2.45) is 0 Å². The zero-order valence-corrected chi connectivity index (χ0v) is 15.6.